The van der Waals surface area contributed by atoms with Crippen LogP contribution in [0.4, 0.5) is 18.9 Å². The van der Waals surface area contributed by atoms with E-state index >= 15 is 0 Å². The summed E-state index contributed by atoms with van der Waals surface area (Å²) in [6, 6.07) is 11.2. The molecule has 0 fully saturated rings. The second-order valence-corrected chi connectivity index (χ2v) is 5.24. The van der Waals surface area contributed by atoms with Gasteiger partial charge in [-0.05, 0) is 42.0 Å². The zero-order valence-corrected chi connectivity index (χ0v) is 12.8. The van der Waals surface area contributed by atoms with E-state index in [1.165, 1.54) is 36.4 Å². The number of oxime groups is 1. The smallest absolute Gasteiger partial charge is 0.387 e. The van der Waals surface area contributed by atoms with Crippen molar-refractivity contribution in [3.8, 4) is 5.75 Å². The predicted molar refractivity (Wildman–Crippen MR) is 84.1 cm³/mol. The van der Waals surface area contributed by atoms with Crippen molar-refractivity contribution in [1.29, 1.82) is 0 Å². The molecule has 5 nitrogen and oxygen atoms in total. The lowest BCUT2D eigenvalue weighted by Crippen LogP contribution is -2.28. The lowest BCUT2D eigenvalue weighted by Gasteiger charge is -2.10. The molecular weight excluding hydrogens is 337 g/mol. The molecule has 1 heterocycles. The number of ether oxygens (including phenoxy) is 1. The maximum atomic E-state index is 12.9. The van der Waals surface area contributed by atoms with Crippen LogP contribution in [-0.4, -0.2) is 24.3 Å². The van der Waals surface area contributed by atoms with Gasteiger partial charge in [-0.3, -0.25) is 4.79 Å². The van der Waals surface area contributed by atoms with Crippen LogP contribution >= 0.6 is 0 Å². The molecule has 0 bridgehead atoms. The van der Waals surface area contributed by atoms with Crippen LogP contribution in [0.2, 0.25) is 0 Å². The molecule has 130 valence electrons. The largest absolute Gasteiger partial charge is 0.435 e. The van der Waals surface area contributed by atoms with Crippen molar-refractivity contribution in [2.45, 2.75) is 19.1 Å². The molecule has 0 aliphatic carbocycles. The summed E-state index contributed by atoms with van der Waals surface area (Å²) in [5, 5.41) is 6.46. The van der Waals surface area contributed by atoms with Crippen LogP contribution in [0.1, 0.15) is 12.0 Å². The van der Waals surface area contributed by atoms with Crippen molar-refractivity contribution in [1.82, 2.24) is 0 Å². The van der Waals surface area contributed by atoms with Gasteiger partial charge in [-0.1, -0.05) is 17.3 Å². The Labute approximate surface area is 141 Å². The Hall–Kier alpha value is -3.03. The fourth-order valence-electron chi connectivity index (χ4n) is 2.27. The molecule has 1 atom stereocenters. The molecule has 0 aromatic heterocycles. The Morgan fingerprint density at radius 1 is 1.16 bits per heavy atom. The van der Waals surface area contributed by atoms with Crippen LogP contribution in [0.5, 0.6) is 5.75 Å². The van der Waals surface area contributed by atoms with Gasteiger partial charge in [0.1, 0.15) is 11.6 Å². The van der Waals surface area contributed by atoms with Crippen LogP contribution in [0.25, 0.3) is 0 Å². The lowest BCUT2D eigenvalue weighted by molar-refractivity contribution is -0.125. The summed E-state index contributed by atoms with van der Waals surface area (Å²) >= 11 is 0. The van der Waals surface area contributed by atoms with Crippen LogP contribution < -0.4 is 10.1 Å². The van der Waals surface area contributed by atoms with Crippen molar-refractivity contribution in [2.75, 3.05) is 5.32 Å². The zero-order valence-electron chi connectivity index (χ0n) is 12.8. The van der Waals surface area contributed by atoms with Gasteiger partial charge in [-0.25, -0.2) is 4.39 Å². The first-order chi connectivity index (χ1) is 12.0. The maximum Gasteiger partial charge on any atom is 0.387 e. The Bertz CT molecular complexity index is 777. The van der Waals surface area contributed by atoms with E-state index in [9.17, 15) is 18.0 Å². The van der Waals surface area contributed by atoms with Gasteiger partial charge in [0.15, 0.2) is 0 Å². The minimum absolute atomic E-state index is 0.00737. The number of hydrogen-bond donors (Lipinski definition) is 1. The standard InChI is InChI=1S/C17H13F3N2O3/c18-11-3-1-10(2-4-11)14-9-15(25-22-14)16(23)21-12-5-7-13(8-6-12)24-17(19)20/h1-8,15,17H,9H2,(H,21,23). The molecule has 1 unspecified atom stereocenters. The van der Waals surface area contributed by atoms with Crippen molar-refractivity contribution >= 4 is 17.3 Å². The van der Waals surface area contributed by atoms with Crippen molar-refractivity contribution in [2.24, 2.45) is 5.16 Å². The summed E-state index contributed by atoms with van der Waals surface area (Å²) < 4.78 is 41.3. The number of anilines is 1. The summed E-state index contributed by atoms with van der Waals surface area (Å²) in [6.07, 6.45) is -0.582. The highest BCUT2D eigenvalue weighted by Gasteiger charge is 2.29. The third-order valence-electron chi connectivity index (χ3n) is 3.49. The van der Waals surface area contributed by atoms with E-state index in [1.54, 1.807) is 12.1 Å². The van der Waals surface area contributed by atoms with Crippen molar-refractivity contribution in [3.05, 3.63) is 59.9 Å². The number of alkyl halides is 2. The highest BCUT2D eigenvalue weighted by atomic mass is 19.3. The molecule has 8 heteroatoms. The van der Waals surface area contributed by atoms with E-state index in [1.807, 2.05) is 0 Å². The van der Waals surface area contributed by atoms with Gasteiger partial charge in [0.05, 0.1) is 5.71 Å². The van der Waals surface area contributed by atoms with E-state index in [4.69, 9.17) is 4.84 Å². The molecule has 2 aromatic rings. The van der Waals surface area contributed by atoms with Crippen molar-refractivity contribution < 1.29 is 27.5 Å². The topological polar surface area (TPSA) is 59.9 Å². The number of hydrogen-bond acceptors (Lipinski definition) is 4. The van der Waals surface area contributed by atoms with E-state index in [2.05, 4.69) is 15.2 Å². The van der Waals surface area contributed by atoms with E-state index in [-0.39, 0.29) is 18.0 Å². The normalized spacial score (nSPS) is 16.3. The van der Waals surface area contributed by atoms with Gasteiger partial charge < -0.3 is 14.9 Å². The molecule has 3 rings (SSSR count). The number of amides is 1. The average molecular weight is 350 g/mol. The highest BCUT2D eigenvalue weighted by molar-refractivity contribution is 6.06. The molecule has 0 radical (unpaired) electrons. The summed E-state index contributed by atoms with van der Waals surface area (Å²) in [5.41, 5.74) is 1.62. The van der Waals surface area contributed by atoms with Gasteiger partial charge in [0, 0.05) is 12.1 Å². The second kappa shape index (κ2) is 7.25. The molecule has 0 saturated heterocycles. The fourth-order valence-corrected chi connectivity index (χ4v) is 2.27. The Kier molecular flexibility index (Phi) is 4.87. The number of benzene rings is 2. The number of nitrogens with one attached hydrogen (secondary N) is 1. The van der Waals surface area contributed by atoms with Crippen molar-refractivity contribution in [3.63, 3.8) is 0 Å². The molecule has 2 aromatic carbocycles. The third kappa shape index (κ3) is 4.28. The first-order valence-electron chi connectivity index (χ1n) is 7.35. The molecule has 0 saturated carbocycles. The Balaban J connectivity index is 1.57. The van der Waals surface area contributed by atoms with E-state index in [0.717, 1.165) is 0 Å². The Morgan fingerprint density at radius 3 is 2.48 bits per heavy atom. The second-order valence-electron chi connectivity index (χ2n) is 5.24. The van der Waals surface area contributed by atoms with Gasteiger partial charge in [0.25, 0.3) is 5.91 Å². The van der Waals surface area contributed by atoms with Gasteiger partial charge in [0.2, 0.25) is 6.10 Å². The van der Waals surface area contributed by atoms with E-state index < -0.39 is 18.6 Å². The molecule has 0 spiro atoms. The average Bonchev–Trinajstić information content (AvgIpc) is 3.07. The SMILES string of the molecule is O=C(Nc1ccc(OC(F)F)cc1)C1CC(c2ccc(F)cc2)=NO1. The van der Waals surface area contributed by atoms with Crippen LogP contribution in [-0.2, 0) is 9.63 Å². The van der Waals surface area contributed by atoms with Gasteiger partial charge in [-0.15, -0.1) is 0 Å². The lowest BCUT2D eigenvalue weighted by atomic mass is 10.0. The number of nitrogens with zero attached hydrogens (tertiary/aromatic N) is 1. The first-order valence-corrected chi connectivity index (χ1v) is 7.35. The summed E-state index contributed by atoms with van der Waals surface area (Å²) in [7, 11) is 0. The van der Waals surface area contributed by atoms with Crippen LogP contribution in [0, 0.1) is 5.82 Å². The minimum atomic E-state index is -2.91. The van der Waals surface area contributed by atoms with Crippen LogP contribution in [0.15, 0.2) is 53.7 Å². The number of rotatable bonds is 5. The van der Waals surface area contributed by atoms with E-state index in [0.29, 0.717) is 17.0 Å². The Morgan fingerprint density at radius 2 is 1.84 bits per heavy atom. The molecule has 1 aliphatic rings. The summed E-state index contributed by atoms with van der Waals surface area (Å²) in [4.78, 5) is 17.3. The number of carbonyl (C=O) groups excluding carboxylic acids is 1. The fraction of sp³-hybridized carbons (Fsp3) is 0.176. The minimum Gasteiger partial charge on any atom is -0.435 e. The number of carbonyl (C=O) groups is 1. The summed E-state index contributed by atoms with van der Waals surface area (Å²) in [5.74, 6) is -0.799. The molecule has 25 heavy (non-hydrogen) atoms. The molecule has 1 amide bonds. The summed E-state index contributed by atoms with van der Waals surface area (Å²) in [6.45, 7) is -2.91. The first kappa shape index (κ1) is 16.8. The quantitative estimate of drug-likeness (QED) is 0.897. The van der Waals surface area contributed by atoms with Gasteiger partial charge in [-0.2, -0.15) is 8.78 Å². The third-order valence-corrected chi connectivity index (χ3v) is 3.49. The zero-order chi connectivity index (χ0) is 17.8. The molecule has 1 aliphatic heterocycles. The van der Waals surface area contributed by atoms with Crippen LogP contribution in [0.3, 0.4) is 0 Å². The highest BCUT2D eigenvalue weighted by Crippen LogP contribution is 2.21. The molecule has 1 N–H and O–H groups in total. The number of halogens is 3. The molecular formula is C17H13F3N2O3. The monoisotopic (exact) mass is 350 g/mol. The van der Waals surface area contributed by atoms with Gasteiger partial charge >= 0.3 is 6.61 Å². The maximum absolute atomic E-state index is 12.9. The predicted octanol–water partition coefficient (Wildman–Crippen LogP) is 3.56.